The molecule has 0 fully saturated rings. The molecule has 0 saturated heterocycles. The van der Waals surface area contributed by atoms with Gasteiger partial charge in [-0.1, -0.05) is 11.6 Å². The molecule has 0 bridgehead atoms. The highest BCUT2D eigenvalue weighted by Gasteiger charge is 2.46. The first-order valence-corrected chi connectivity index (χ1v) is 5.04. The smallest absolute Gasteiger partial charge is 0.244 e. The van der Waals surface area contributed by atoms with Gasteiger partial charge >= 0.3 is 5.51 Å². The fourth-order valence-electron chi connectivity index (χ4n) is 0.685. The number of hydrogen-bond acceptors (Lipinski definition) is 3. The molecule has 0 radical (unpaired) electrons. The Labute approximate surface area is 82.4 Å². The van der Waals surface area contributed by atoms with E-state index in [-0.39, 0.29) is 5.15 Å². The molecule has 0 atom stereocenters. The number of halogens is 4. The van der Waals surface area contributed by atoms with Crippen LogP contribution in [-0.2, 0) is 9.84 Å². The van der Waals surface area contributed by atoms with E-state index in [4.69, 9.17) is 11.6 Å². The summed E-state index contributed by atoms with van der Waals surface area (Å²) in [6.45, 7) is 0. The van der Waals surface area contributed by atoms with Crippen molar-refractivity contribution < 1.29 is 21.6 Å². The van der Waals surface area contributed by atoms with Crippen LogP contribution in [0.1, 0.15) is 0 Å². The largest absolute Gasteiger partial charge is 0.501 e. The van der Waals surface area contributed by atoms with Crippen molar-refractivity contribution >= 4 is 21.4 Å². The van der Waals surface area contributed by atoms with Crippen molar-refractivity contribution in [1.82, 2.24) is 4.98 Å². The Hall–Kier alpha value is -0.820. The molecule has 14 heavy (non-hydrogen) atoms. The Kier molecular flexibility index (Phi) is 2.73. The van der Waals surface area contributed by atoms with Crippen LogP contribution in [-0.4, -0.2) is 18.9 Å². The number of rotatable bonds is 1. The fraction of sp³-hybridized carbons (Fsp3) is 0.167. The van der Waals surface area contributed by atoms with Crippen molar-refractivity contribution in [3.05, 3.63) is 23.5 Å². The molecule has 78 valence electrons. The zero-order valence-electron chi connectivity index (χ0n) is 6.42. The molecule has 0 aromatic carbocycles. The van der Waals surface area contributed by atoms with Crippen LogP contribution in [0.4, 0.5) is 13.2 Å². The molecule has 3 nitrogen and oxygen atoms in total. The third-order valence-electron chi connectivity index (χ3n) is 1.31. The second-order valence-corrected chi connectivity index (χ2v) is 4.59. The Morgan fingerprint density at radius 3 is 2.36 bits per heavy atom. The van der Waals surface area contributed by atoms with Crippen molar-refractivity contribution in [1.29, 1.82) is 0 Å². The molecule has 0 aliphatic rings. The van der Waals surface area contributed by atoms with Gasteiger partial charge in [-0.05, 0) is 12.1 Å². The summed E-state index contributed by atoms with van der Waals surface area (Å²) in [5.74, 6) is 0. The third-order valence-corrected chi connectivity index (χ3v) is 3.00. The zero-order chi connectivity index (χ0) is 11.0. The van der Waals surface area contributed by atoms with Gasteiger partial charge in [0, 0.05) is 6.20 Å². The van der Waals surface area contributed by atoms with E-state index in [1.54, 1.807) is 0 Å². The maximum Gasteiger partial charge on any atom is 0.501 e. The van der Waals surface area contributed by atoms with Crippen molar-refractivity contribution in [2.75, 3.05) is 0 Å². The fourth-order valence-corrected chi connectivity index (χ4v) is 1.70. The van der Waals surface area contributed by atoms with Gasteiger partial charge in [0.2, 0.25) is 0 Å². The van der Waals surface area contributed by atoms with Crippen molar-refractivity contribution in [2.45, 2.75) is 10.4 Å². The van der Waals surface area contributed by atoms with Gasteiger partial charge in [-0.2, -0.15) is 13.2 Å². The molecule has 0 spiro atoms. The number of pyridine rings is 1. The van der Waals surface area contributed by atoms with Crippen LogP contribution in [0.3, 0.4) is 0 Å². The van der Waals surface area contributed by atoms with E-state index in [0.29, 0.717) is 6.07 Å². The highest BCUT2D eigenvalue weighted by atomic mass is 35.5. The predicted molar refractivity (Wildman–Crippen MR) is 42.5 cm³/mol. The molecule has 1 aromatic rings. The summed E-state index contributed by atoms with van der Waals surface area (Å²) < 4.78 is 57.6. The van der Waals surface area contributed by atoms with Gasteiger partial charge in [-0.15, -0.1) is 0 Å². The summed E-state index contributed by atoms with van der Waals surface area (Å²) >= 11 is 5.26. The van der Waals surface area contributed by atoms with E-state index in [1.807, 2.05) is 0 Å². The SMILES string of the molecule is O=S(=O)(c1ccnc(Cl)c1)C(F)(F)F. The summed E-state index contributed by atoms with van der Waals surface area (Å²) in [7, 11) is -5.32. The first kappa shape index (κ1) is 11.3. The highest BCUT2D eigenvalue weighted by Crippen LogP contribution is 2.30. The third kappa shape index (κ3) is 1.98. The second-order valence-electron chi connectivity index (χ2n) is 2.26. The molecule has 0 aliphatic carbocycles. The molecule has 0 amide bonds. The lowest BCUT2D eigenvalue weighted by atomic mass is 10.5. The zero-order valence-corrected chi connectivity index (χ0v) is 7.99. The number of sulfone groups is 1. The van der Waals surface area contributed by atoms with Crippen LogP contribution in [0.25, 0.3) is 0 Å². The predicted octanol–water partition coefficient (Wildman–Crippen LogP) is 2.03. The van der Waals surface area contributed by atoms with Crippen LogP contribution in [0, 0.1) is 0 Å². The summed E-state index contributed by atoms with van der Waals surface area (Å²) in [4.78, 5) is 2.46. The highest BCUT2D eigenvalue weighted by molar-refractivity contribution is 7.92. The van der Waals surface area contributed by atoms with Gasteiger partial charge in [0.25, 0.3) is 9.84 Å². The minimum atomic E-state index is -5.32. The molecule has 0 saturated carbocycles. The van der Waals surface area contributed by atoms with Gasteiger partial charge in [0.15, 0.2) is 0 Å². The van der Waals surface area contributed by atoms with Crippen LogP contribution >= 0.6 is 11.6 Å². The van der Waals surface area contributed by atoms with Gasteiger partial charge in [-0.25, -0.2) is 13.4 Å². The van der Waals surface area contributed by atoms with E-state index >= 15 is 0 Å². The van der Waals surface area contributed by atoms with Crippen LogP contribution in [0.15, 0.2) is 23.2 Å². The van der Waals surface area contributed by atoms with Crippen molar-refractivity contribution in [3.63, 3.8) is 0 Å². The number of nitrogens with zero attached hydrogens (tertiary/aromatic N) is 1. The first-order chi connectivity index (χ1) is 6.25. The second kappa shape index (κ2) is 3.39. The Balaban J connectivity index is 3.32. The summed E-state index contributed by atoms with van der Waals surface area (Å²) in [6.07, 6.45) is 0.890. The first-order valence-electron chi connectivity index (χ1n) is 3.18. The molecular weight excluding hydrogens is 243 g/mol. The normalized spacial score (nSPS) is 12.9. The average molecular weight is 246 g/mol. The molecule has 0 unspecified atom stereocenters. The summed E-state index contributed by atoms with van der Waals surface area (Å²) in [6, 6.07) is 1.37. The van der Waals surface area contributed by atoms with E-state index in [9.17, 15) is 21.6 Å². The molecular formula is C6H3ClF3NO2S. The lowest BCUT2D eigenvalue weighted by molar-refractivity contribution is -0.0436. The lowest BCUT2D eigenvalue weighted by Crippen LogP contribution is -2.23. The molecule has 1 aromatic heterocycles. The van der Waals surface area contributed by atoms with E-state index in [1.165, 1.54) is 0 Å². The number of hydrogen-bond donors (Lipinski definition) is 0. The quantitative estimate of drug-likeness (QED) is 0.711. The number of alkyl halides is 3. The van der Waals surface area contributed by atoms with E-state index in [0.717, 1.165) is 12.3 Å². The van der Waals surface area contributed by atoms with Gasteiger partial charge in [0.1, 0.15) is 5.15 Å². The minimum Gasteiger partial charge on any atom is -0.244 e. The lowest BCUT2D eigenvalue weighted by Gasteiger charge is -2.07. The van der Waals surface area contributed by atoms with Gasteiger partial charge in [-0.3, -0.25) is 0 Å². The number of aromatic nitrogens is 1. The van der Waals surface area contributed by atoms with Crippen molar-refractivity contribution in [2.24, 2.45) is 0 Å². The molecule has 1 rings (SSSR count). The van der Waals surface area contributed by atoms with Gasteiger partial charge in [0.05, 0.1) is 4.90 Å². The molecule has 1 heterocycles. The maximum atomic E-state index is 12.0. The van der Waals surface area contributed by atoms with Gasteiger partial charge < -0.3 is 0 Å². The topological polar surface area (TPSA) is 47.0 Å². The Bertz CT molecular complexity index is 443. The Morgan fingerprint density at radius 1 is 1.36 bits per heavy atom. The molecule has 0 N–H and O–H groups in total. The summed E-state index contributed by atoms with van der Waals surface area (Å²) in [5, 5.41) is -0.310. The van der Waals surface area contributed by atoms with E-state index < -0.39 is 20.2 Å². The van der Waals surface area contributed by atoms with Crippen LogP contribution in [0.2, 0.25) is 5.15 Å². The maximum absolute atomic E-state index is 12.0. The monoisotopic (exact) mass is 245 g/mol. The standard InChI is InChI=1S/C6H3ClF3NO2S/c7-5-3-4(1-2-11-5)14(12,13)6(8,9)10/h1-3H. The average Bonchev–Trinajstić information content (AvgIpc) is 2.02. The van der Waals surface area contributed by atoms with Crippen LogP contribution in [0.5, 0.6) is 0 Å². The van der Waals surface area contributed by atoms with E-state index in [2.05, 4.69) is 4.98 Å². The van der Waals surface area contributed by atoms with Crippen molar-refractivity contribution in [3.8, 4) is 0 Å². The Morgan fingerprint density at radius 2 is 1.93 bits per heavy atom. The summed E-state index contributed by atoms with van der Waals surface area (Å²) in [5.41, 5.74) is -5.32. The molecule has 8 heteroatoms. The van der Waals surface area contributed by atoms with Crippen LogP contribution < -0.4 is 0 Å². The minimum absolute atomic E-state index is 0.310. The molecule has 0 aliphatic heterocycles.